The molecule has 2 aromatic rings. The lowest BCUT2D eigenvalue weighted by Gasteiger charge is -2.22. The Hall–Kier alpha value is -1.87. The van der Waals surface area contributed by atoms with Crippen molar-refractivity contribution in [3.8, 4) is 11.1 Å². The van der Waals surface area contributed by atoms with Crippen LogP contribution in [0.2, 0.25) is 0 Å². The van der Waals surface area contributed by atoms with Crippen molar-refractivity contribution in [3.63, 3.8) is 0 Å². The minimum atomic E-state index is -2.92. The topological polar surface area (TPSA) is 34.1 Å². The molecule has 0 N–H and O–H groups in total. The molecule has 0 aliphatic carbocycles. The van der Waals surface area contributed by atoms with Crippen LogP contribution in [0.15, 0.2) is 60.7 Å². The standard InChI is InChI=1S/C19H18O2S/c20-22(21)16-10-11-17(22)13-15(12-16)19-9-5-4-8-18(19)14-6-2-1-3-7-14/h1-9,12,16-17H,10-11,13H2. The summed E-state index contributed by atoms with van der Waals surface area (Å²) in [5.74, 6) is 0. The molecule has 22 heavy (non-hydrogen) atoms. The van der Waals surface area contributed by atoms with Crippen molar-refractivity contribution in [1.82, 2.24) is 0 Å². The van der Waals surface area contributed by atoms with E-state index in [4.69, 9.17) is 0 Å². The van der Waals surface area contributed by atoms with Gasteiger partial charge in [0, 0.05) is 0 Å². The zero-order chi connectivity index (χ0) is 15.2. The van der Waals surface area contributed by atoms with E-state index in [1.807, 2.05) is 36.4 Å². The van der Waals surface area contributed by atoms with Gasteiger partial charge in [-0.15, -0.1) is 0 Å². The van der Waals surface area contributed by atoms with E-state index >= 15 is 0 Å². The van der Waals surface area contributed by atoms with Crippen LogP contribution in [0.1, 0.15) is 24.8 Å². The molecule has 2 aliphatic rings. The Morgan fingerprint density at radius 2 is 1.50 bits per heavy atom. The number of rotatable bonds is 2. The van der Waals surface area contributed by atoms with Gasteiger partial charge < -0.3 is 0 Å². The van der Waals surface area contributed by atoms with Crippen molar-refractivity contribution in [2.24, 2.45) is 0 Å². The van der Waals surface area contributed by atoms with Gasteiger partial charge in [0.2, 0.25) is 0 Å². The fraction of sp³-hybridized carbons (Fsp3) is 0.263. The van der Waals surface area contributed by atoms with Gasteiger partial charge in [-0.1, -0.05) is 60.7 Å². The molecule has 0 aromatic heterocycles. The molecule has 0 amide bonds. The van der Waals surface area contributed by atoms with Gasteiger partial charge in [0.15, 0.2) is 9.84 Å². The van der Waals surface area contributed by atoms with Crippen molar-refractivity contribution >= 4 is 15.4 Å². The molecule has 2 aliphatic heterocycles. The quantitative estimate of drug-likeness (QED) is 0.837. The predicted octanol–water partition coefficient (Wildman–Crippen LogP) is 4.09. The van der Waals surface area contributed by atoms with E-state index < -0.39 is 9.84 Å². The van der Waals surface area contributed by atoms with E-state index in [1.165, 1.54) is 22.3 Å². The SMILES string of the molecule is O=S1(=O)C2C=C(c3ccccc3-c3ccccc3)CC1CC2. The maximum Gasteiger partial charge on any atom is 0.159 e. The molecule has 3 heteroatoms. The zero-order valence-electron chi connectivity index (χ0n) is 12.3. The smallest absolute Gasteiger partial charge is 0.159 e. The fourth-order valence-corrected chi connectivity index (χ4v) is 5.88. The Kier molecular flexibility index (Phi) is 3.19. The molecule has 0 saturated carbocycles. The normalized spacial score (nSPS) is 25.7. The van der Waals surface area contributed by atoms with Crippen molar-refractivity contribution in [1.29, 1.82) is 0 Å². The van der Waals surface area contributed by atoms with Crippen molar-refractivity contribution in [2.45, 2.75) is 29.8 Å². The number of benzene rings is 2. The molecule has 2 atom stereocenters. The minimum Gasteiger partial charge on any atom is -0.228 e. The Morgan fingerprint density at radius 1 is 0.818 bits per heavy atom. The summed E-state index contributed by atoms with van der Waals surface area (Å²) in [5, 5.41) is -0.452. The predicted molar refractivity (Wildman–Crippen MR) is 90.2 cm³/mol. The lowest BCUT2D eigenvalue weighted by Crippen LogP contribution is -2.26. The van der Waals surface area contributed by atoms with E-state index in [0.717, 1.165) is 12.8 Å². The Bertz CT molecular complexity index is 835. The fourth-order valence-electron chi connectivity index (χ4n) is 3.69. The molecule has 2 bridgehead atoms. The van der Waals surface area contributed by atoms with Crippen LogP contribution in [0.4, 0.5) is 0 Å². The first-order valence-electron chi connectivity index (χ1n) is 7.74. The Morgan fingerprint density at radius 3 is 2.23 bits per heavy atom. The van der Waals surface area contributed by atoms with Gasteiger partial charge >= 0.3 is 0 Å². The number of fused-ring (bicyclic) bond motifs is 2. The molecule has 112 valence electrons. The molecule has 4 rings (SSSR count). The molecule has 2 nitrogen and oxygen atoms in total. The molecule has 0 radical (unpaired) electrons. The van der Waals surface area contributed by atoms with Crippen LogP contribution >= 0.6 is 0 Å². The second-order valence-corrected chi connectivity index (χ2v) is 8.58. The molecule has 1 fully saturated rings. The molecule has 2 unspecified atom stereocenters. The molecular formula is C19H18O2S. The molecule has 0 spiro atoms. The van der Waals surface area contributed by atoms with Crippen molar-refractivity contribution in [3.05, 3.63) is 66.2 Å². The van der Waals surface area contributed by atoms with Gasteiger partial charge in [0.25, 0.3) is 0 Å². The van der Waals surface area contributed by atoms with Crippen LogP contribution in [0.5, 0.6) is 0 Å². The Balaban J connectivity index is 1.83. The Labute approximate surface area is 131 Å². The lowest BCUT2D eigenvalue weighted by molar-refractivity contribution is 0.585. The molecule has 2 heterocycles. The van der Waals surface area contributed by atoms with Crippen molar-refractivity contribution < 1.29 is 8.42 Å². The maximum atomic E-state index is 12.3. The second-order valence-electron chi connectivity index (χ2n) is 6.13. The van der Waals surface area contributed by atoms with E-state index in [0.29, 0.717) is 6.42 Å². The van der Waals surface area contributed by atoms with Crippen LogP contribution in [-0.4, -0.2) is 18.9 Å². The monoisotopic (exact) mass is 310 g/mol. The lowest BCUT2D eigenvalue weighted by atomic mass is 9.92. The summed E-state index contributed by atoms with van der Waals surface area (Å²) in [7, 11) is -2.92. The van der Waals surface area contributed by atoms with Crippen LogP contribution in [0.25, 0.3) is 16.7 Å². The summed E-state index contributed by atoms with van der Waals surface area (Å²) in [6, 6.07) is 18.6. The van der Waals surface area contributed by atoms with Crippen LogP contribution < -0.4 is 0 Å². The van der Waals surface area contributed by atoms with Crippen molar-refractivity contribution in [2.75, 3.05) is 0 Å². The first-order valence-corrected chi connectivity index (χ1v) is 9.35. The van der Waals surface area contributed by atoms with Gasteiger partial charge in [-0.2, -0.15) is 0 Å². The number of hydrogen-bond acceptors (Lipinski definition) is 2. The van der Waals surface area contributed by atoms with E-state index in [1.54, 1.807) is 0 Å². The highest BCUT2D eigenvalue weighted by Gasteiger charge is 2.43. The molecular weight excluding hydrogens is 292 g/mol. The van der Waals surface area contributed by atoms with E-state index in [2.05, 4.69) is 24.3 Å². The van der Waals surface area contributed by atoms with Crippen LogP contribution in [0.3, 0.4) is 0 Å². The summed E-state index contributed by atoms with van der Waals surface area (Å²) >= 11 is 0. The first-order chi connectivity index (χ1) is 10.7. The van der Waals surface area contributed by atoms with Gasteiger partial charge in [-0.3, -0.25) is 0 Å². The highest BCUT2D eigenvalue weighted by Crippen LogP contribution is 2.42. The largest absolute Gasteiger partial charge is 0.228 e. The van der Waals surface area contributed by atoms with Gasteiger partial charge in [0.05, 0.1) is 10.5 Å². The molecule has 2 aromatic carbocycles. The number of allylic oxidation sites excluding steroid dienone is 1. The average molecular weight is 310 g/mol. The highest BCUT2D eigenvalue weighted by molar-refractivity contribution is 7.93. The molecule has 1 saturated heterocycles. The summed E-state index contributed by atoms with van der Waals surface area (Å²) in [6.07, 6.45) is 4.24. The van der Waals surface area contributed by atoms with Gasteiger partial charge in [0.1, 0.15) is 0 Å². The van der Waals surface area contributed by atoms with Gasteiger partial charge in [-0.25, -0.2) is 8.42 Å². The van der Waals surface area contributed by atoms with Crippen LogP contribution in [-0.2, 0) is 9.84 Å². The maximum absolute atomic E-state index is 12.3. The third-order valence-corrected chi connectivity index (χ3v) is 7.40. The average Bonchev–Trinajstić information content (AvgIpc) is 2.73. The zero-order valence-corrected chi connectivity index (χ0v) is 13.1. The van der Waals surface area contributed by atoms with E-state index in [-0.39, 0.29) is 10.5 Å². The van der Waals surface area contributed by atoms with E-state index in [9.17, 15) is 8.42 Å². The van der Waals surface area contributed by atoms with Crippen LogP contribution in [0, 0.1) is 0 Å². The summed E-state index contributed by atoms with van der Waals surface area (Å²) in [6.45, 7) is 0. The second kappa shape index (κ2) is 5.10. The highest BCUT2D eigenvalue weighted by atomic mass is 32.2. The number of hydrogen-bond donors (Lipinski definition) is 0. The summed E-state index contributed by atoms with van der Waals surface area (Å²) in [4.78, 5) is 0. The third kappa shape index (κ3) is 2.12. The third-order valence-electron chi connectivity index (χ3n) is 4.85. The summed E-state index contributed by atoms with van der Waals surface area (Å²) < 4.78 is 24.5. The van der Waals surface area contributed by atoms with Gasteiger partial charge in [-0.05, 0) is 41.5 Å². The summed E-state index contributed by atoms with van der Waals surface area (Å²) in [5.41, 5.74) is 4.75. The minimum absolute atomic E-state index is 0.179. The first kappa shape index (κ1) is 13.8. The number of sulfone groups is 1.